The van der Waals surface area contributed by atoms with Crippen LogP contribution in [-0.2, 0) is 11.3 Å². The zero-order chi connectivity index (χ0) is 25.3. The molecule has 1 fully saturated rings. The Balaban J connectivity index is 1.79. The first-order chi connectivity index (χ1) is 16.8. The van der Waals surface area contributed by atoms with Crippen LogP contribution in [0.3, 0.4) is 0 Å². The average Bonchev–Trinajstić information content (AvgIpc) is 2.86. The summed E-state index contributed by atoms with van der Waals surface area (Å²) in [5, 5.41) is 5.44. The summed E-state index contributed by atoms with van der Waals surface area (Å²) in [5.41, 5.74) is 1.84. The molecule has 1 heterocycles. The van der Waals surface area contributed by atoms with Crippen molar-refractivity contribution < 1.29 is 9.63 Å². The molecular weight excluding hydrogens is 434 g/mol. The summed E-state index contributed by atoms with van der Waals surface area (Å²) < 4.78 is 0. The van der Waals surface area contributed by atoms with Gasteiger partial charge in [0.1, 0.15) is 0 Å². The number of nitrogens with one attached hydrogen (secondary N) is 1. The summed E-state index contributed by atoms with van der Waals surface area (Å²) in [6.45, 7) is 12.7. The fourth-order valence-electron chi connectivity index (χ4n) is 5.65. The van der Waals surface area contributed by atoms with Gasteiger partial charge in [-0.05, 0) is 70.1 Å². The maximum Gasteiger partial charge on any atom is 0.322 e. The second-order valence-corrected chi connectivity index (χ2v) is 10.5. The molecule has 1 saturated heterocycles. The van der Waals surface area contributed by atoms with E-state index in [0.29, 0.717) is 6.61 Å². The van der Waals surface area contributed by atoms with Gasteiger partial charge in [-0.1, -0.05) is 75.7 Å². The van der Waals surface area contributed by atoms with E-state index in [0.717, 1.165) is 57.2 Å². The van der Waals surface area contributed by atoms with Gasteiger partial charge in [-0.25, -0.2) is 4.79 Å². The van der Waals surface area contributed by atoms with E-state index in [2.05, 4.69) is 80.2 Å². The Morgan fingerprint density at radius 1 is 1.00 bits per heavy atom. The molecule has 35 heavy (non-hydrogen) atoms. The van der Waals surface area contributed by atoms with E-state index in [1.807, 2.05) is 30.3 Å². The normalized spacial score (nSPS) is 19.3. The summed E-state index contributed by atoms with van der Waals surface area (Å²) in [7, 11) is 0. The number of piperidine rings is 1. The van der Waals surface area contributed by atoms with E-state index < -0.39 is 0 Å². The highest BCUT2D eigenvalue weighted by atomic mass is 16.7. The Morgan fingerprint density at radius 2 is 1.63 bits per heavy atom. The van der Waals surface area contributed by atoms with Crippen LogP contribution in [-0.4, -0.2) is 46.3 Å². The Morgan fingerprint density at radius 3 is 2.23 bits per heavy atom. The van der Waals surface area contributed by atoms with Crippen LogP contribution in [0.15, 0.2) is 60.7 Å². The maximum atomic E-state index is 13.5. The molecule has 0 aliphatic carbocycles. The molecule has 5 nitrogen and oxygen atoms in total. The number of carbonyl (C=O) groups is 1. The van der Waals surface area contributed by atoms with Gasteiger partial charge in [-0.2, -0.15) is 5.06 Å². The summed E-state index contributed by atoms with van der Waals surface area (Å²) >= 11 is 0. The molecular formula is C30H45N3O2. The first-order valence-electron chi connectivity index (χ1n) is 13.4. The van der Waals surface area contributed by atoms with Gasteiger partial charge in [-0.3, -0.25) is 4.84 Å². The Labute approximate surface area is 212 Å². The van der Waals surface area contributed by atoms with Crippen LogP contribution in [0.2, 0.25) is 0 Å². The van der Waals surface area contributed by atoms with Crippen molar-refractivity contribution in [2.75, 3.05) is 18.5 Å². The number of unbranched alkanes of at least 4 members (excludes halogenated alkanes) is 1. The van der Waals surface area contributed by atoms with Crippen LogP contribution in [0.5, 0.6) is 0 Å². The van der Waals surface area contributed by atoms with Crippen molar-refractivity contribution in [1.29, 1.82) is 0 Å². The third-order valence-electron chi connectivity index (χ3n) is 7.58. The van der Waals surface area contributed by atoms with E-state index in [1.165, 1.54) is 5.56 Å². The van der Waals surface area contributed by atoms with Gasteiger partial charge in [0.25, 0.3) is 0 Å². The predicted molar refractivity (Wildman–Crippen MR) is 145 cm³/mol. The number of rotatable bonds is 11. The number of carbonyl (C=O) groups excluding carboxylic acids is 1. The molecule has 2 aromatic rings. The van der Waals surface area contributed by atoms with E-state index in [1.54, 1.807) is 0 Å². The number of hydroxylamine groups is 2. The molecule has 1 aliphatic rings. The second kappa shape index (κ2) is 12.5. The number of para-hydroxylation sites is 1. The summed E-state index contributed by atoms with van der Waals surface area (Å²) in [6, 6.07) is 20.5. The number of anilines is 1. The fraction of sp³-hybridized carbons (Fsp3) is 0.567. The number of hydrogen-bond donors (Lipinski definition) is 1. The highest BCUT2D eigenvalue weighted by molar-refractivity contribution is 5.89. The van der Waals surface area contributed by atoms with Crippen molar-refractivity contribution in [2.45, 2.75) is 96.7 Å². The van der Waals surface area contributed by atoms with E-state index in [-0.39, 0.29) is 23.2 Å². The number of nitrogens with zero attached hydrogens (tertiary/aromatic N) is 2. The average molecular weight is 480 g/mol. The van der Waals surface area contributed by atoms with Gasteiger partial charge < -0.3 is 10.2 Å². The van der Waals surface area contributed by atoms with Crippen molar-refractivity contribution in [3.63, 3.8) is 0 Å². The van der Waals surface area contributed by atoms with Crippen molar-refractivity contribution in [3.05, 3.63) is 66.2 Å². The number of benzene rings is 2. The van der Waals surface area contributed by atoms with E-state index in [4.69, 9.17) is 4.84 Å². The van der Waals surface area contributed by atoms with Crippen LogP contribution in [0, 0.1) is 0 Å². The maximum absolute atomic E-state index is 13.5. The third-order valence-corrected chi connectivity index (χ3v) is 7.58. The van der Waals surface area contributed by atoms with Crippen LogP contribution < -0.4 is 5.32 Å². The molecule has 0 bridgehead atoms. The molecule has 1 aliphatic heterocycles. The molecule has 2 aromatic carbocycles. The van der Waals surface area contributed by atoms with Gasteiger partial charge in [0.05, 0.1) is 6.61 Å². The summed E-state index contributed by atoms with van der Waals surface area (Å²) in [6.07, 6.45) is 6.72. The minimum Gasteiger partial charge on any atom is -0.321 e. The predicted octanol–water partition coefficient (Wildman–Crippen LogP) is 7.30. The lowest BCUT2D eigenvalue weighted by Crippen LogP contribution is -2.66. The number of urea groups is 1. The molecule has 1 unspecified atom stereocenters. The van der Waals surface area contributed by atoms with Crippen molar-refractivity contribution in [2.24, 2.45) is 0 Å². The molecule has 0 radical (unpaired) electrons. The van der Waals surface area contributed by atoms with E-state index >= 15 is 0 Å². The quantitative estimate of drug-likeness (QED) is 0.368. The molecule has 1 atom stereocenters. The van der Waals surface area contributed by atoms with Crippen LogP contribution in [0.4, 0.5) is 10.5 Å². The topological polar surface area (TPSA) is 44.8 Å². The monoisotopic (exact) mass is 479 g/mol. The Bertz CT molecular complexity index is 896. The lowest BCUT2D eigenvalue weighted by molar-refractivity contribution is -0.297. The molecule has 0 spiro atoms. The number of amides is 2. The van der Waals surface area contributed by atoms with Gasteiger partial charge in [0.2, 0.25) is 0 Å². The van der Waals surface area contributed by atoms with Crippen molar-refractivity contribution in [3.8, 4) is 0 Å². The standard InChI is InChI=1S/C30H45N3O2/c1-6-9-21-32(28(34)31-26-18-14-11-15-19-26)27-23-29(4,5)33(30(7-2,8-3)24-27)35-22-20-25-16-12-10-13-17-25/h10-19,27H,6-9,20-24H2,1-5H3,(H,31,34). The van der Waals surface area contributed by atoms with Gasteiger partial charge in [0, 0.05) is 29.4 Å². The lowest BCUT2D eigenvalue weighted by atomic mass is 9.73. The SMILES string of the molecule is CCCCN(C(=O)Nc1ccccc1)C1CC(C)(C)N(OCCc2ccccc2)C(CC)(CC)C1. The fourth-order valence-corrected chi connectivity index (χ4v) is 5.65. The van der Waals surface area contributed by atoms with Crippen LogP contribution in [0.1, 0.15) is 78.7 Å². The molecule has 1 N–H and O–H groups in total. The Hall–Kier alpha value is -2.37. The highest BCUT2D eigenvalue weighted by Gasteiger charge is 2.51. The molecule has 3 rings (SSSR count). The second-order valence-electron chi connectivity index (χ2n) is 10.5. The van der Waals surface area contributed by atoms with Crippen LogP contribution >= 0.6 is 0 Å². The molecule has 5 heteroatoms. The number of hydrogen-bond acceptors (Lipinski definition) is 3. The summed E-state index contributed by atoms with van der Waals surface area (Å²) in [4.78, 5) is 22.2. The van der Waals surface area contributed by atoms with Gasteiger partial charge in [-0.15, -0.1) is 0 Å². The first-order valence-corrected chi connectivity index (χ1v) is 13.4. The largest absolute Gasteiger partial charge is 0.322 e. The lowest BCUT2D eigenvalue weighted by Gasteiger charge is -2.57. The molecule has 0 saturated carbocycles. The smallest absolute Gasteiger partial charge is 0.321 e. The van der Waals surface area contributed by atoms with Crippen molar-refractivity contribution >= 4 is 11.7 Å². The first kappa shape index (κ1) is 27.2. The minimum absolute atomic E-state index is 0.00463. The zero-order valence-electron chi connectivity index (χ0n) is 22.4. The molecule has 2 amide bonds. The van der Waals surface area contributed by atoms with Gasteiger partial charge in [0.15, 0.2) is 0 Å². The highest BCUT2D eigenvalue weighted by Crippen LogP contribution is 2.44. The zero-order valence-corrected chi connectivity index (χ0v) is 22.4. The third kappa shape index (κ3) is 6.86. The molecule has 192 valence electrons. The van der Waals surface area contributed by atoms with Crippen molar-refractivity contribution in [1.82, 2.24) is 9.96 Å². The van der Waals surface area contributed by atoms with Gasteiger partial charge >= 0.3 is 6.03 Å². The van der Waals surface area contributed by atoms with E-state index in [9.17, 15) is 4.79 Å². The Kier molecular flexibility index (Phi) is 9.76. The summed E-state index contributed by atoms with van der Waals surface area (Å²) in [5.74, 6) is 0. The minimum atomic E-state index is -0.191. The van der Waals surface area contributed by atoms with Crippen LogP contribution in [0.25, 0.3) is 0 Å². The molecule has 0 aromatic heterocycles.